The van der Waals surface area contributed by atoms with Crippen molar-refractivity contribution in [3.05, 3.63) is 24.3 Å². The van der Waals surface area contributed by atoms with Crippen LogP contribution in [-0.2, 0) is 4.79 Å². The van der Waals surface area contributed by atoms with Gasteiger partial charge in [0.2, 0.25) is 0 Å². The summed E-state index contributed by atoms with van der Waals surface area (Å²) in [6.07, 6.45) is 2.50. The quantitative estimate of drug-likeness (QED) is 0.759. The molecular weight excluding hydrogens is 192 g/mol. The molecule has 2 rings (SSSR count). The van der Waals surface area contributed by atoms with Gasteiger partial charge in [0.15, 0.2) is 6.61 Å². The van der Waals surface area contributed by atoms with Crippen molar-refractivity contribution in [2.75, 3.05) is 11.9 Å². The molecule has 3 N–H and O–H groups in total. The van der Waals surface area contributed by atoms with Gasteiger partial charge in [-0.1, -0.05) is 0 Å². The van der Waals surface area contributed by atoms with E-state index in [0.29, 0.717) is 11.8 Å². The van der Waals surface area contributed by atoms with Crippen LogP contribution in [0.3, 0.4) is 0 Å². The predicted octanol–water partition coefficient (Wildman–Crippen LogP) is 1.12. The average Bonchev–Trinajstić information content (AvgIpc) is 3.01. The third-order valence-corrected chi connectivity index (χ3v) is 2.18. The number of benzene rings is 1. The molecule has 1 saturated carbocycles. The fourth-order valence-electron chi connectivity index (χ4n) is 1.27. The topological polar surface area (TPSA) is 64.4 Å². The Balaban J connectivity index is 1.87. The van der Waals surface area contributed by atoms with Gasteiger partial charge in [0, 0.05) is 11.7 Å². The minimum absolute atomic E-state index is 0.0740. The van der Waals surface area contributed by atoms with Crippen LogP contribution in [0, 0.1) is 0 Å². The summed E-state index contributed by atoms with van der Waals surface area (Å²) in [5, 5.41) is 3.36. The molecule has 80 valence electrons. The zero-order chi connectivity index (χ0) is 10.7. The Hall–Kier alpha value is -1.71. The largest absolute Gasteiger partial charge is 0.484 e. The monoisotopic (exact) mass is 206 g/mol. The number of hydrogen-bond donors (Lipinski definition) is 2. The minimum atomic E-state index is -0.463. The Morgan fingerprint density at radius 3 is 2.60 bits per heavy atom. The summed E-state index contributed by atoms with van der Waals surface area (Å²) < 4.78 is 5.14. The molecule has 1 aromatic rings. The van der Waals surface area contributed by atoms with Crippen molar-refractivity contribution in [2.45, 2.75) is 18.9 Å². The fourth-order valence-corrected chi connectivity index (χ4v) is 1.27. The first-order valence-corrected chi connectivity index (χ1v) is 5.02. The van der Waals surface area contributed by atoms with Crippen molar-refractivity contribution < 1.29 is 9.53 Å². The predicted molar refractivity (Wildman–Crippen MR) is 57.8 cm³/mol. The molecule has 0 spiro atoms. The standard InChI is InChI=1S/C11H14N2O2/c12-11(14)7-15-10-5-3-9(4-6-10)13-8-1-2-8/h3-6,8,13H,1-2,7H2,(H2,12,14). The number of ether oxygens (including phenoxy) is 1. The molecule has 1 amide bonds. The smallest absolute Gasteiger partial charge is 0.255 e. The molecule has 1 aliphatic rings. The van der Waals surface area contributed by atoms with Gasteiger partial charge in [-0.3, -0.25) is 4.79 Å². The van der Waals surface area contributed by atoms with Crippen LogP contribution in [0.25, 0.3) is 0 Å². The maximum atomic E-state index is 10.5. The SMILES string of the molecule is NC(=O)COc1ccc(NC2CC2)cc1. The highest BCUT2D eigenvalue weighted by Crippen LogP contribution is 2.25. The summed E-state index contributed by atoms with van der Waals surface area (Å²) >= 11 is 0. The molecule has 0 bridgehead atoms. The first-order valence-electron chi connectivity index (χ1n) is 5.02. The molecule has 0 atom stereocenters. The summed E-state index contributed by atoms with van der Waals surface area (Å²) in [6.45, 7) is -0.0740. The number of anilines is 1. The Labute approximate surface area is 88.4 Å². The lowest BCUT2D eigenvalue weighted by molar-refractivity contribution is -0.119. The molecule has 1 aliphatic carbocycles. The zero-order valence-corrected chi connectivity index (χ0v) is 8.40. The van der Waals surface area contributed by atoms with Crippen LogP contribution in [0.15, 0.2) is 24.3 Å². The first-order chi connectivity index (χ1) is 7.24. The number of carbonyl (C=O) groups excluding carboxylic acids is 1. The van der Waals surface area contributed by atoms with Crippen LogP contribution in [0.2, 0.25) is 0 Å². The van der Waals surface area contributed by atoms with E-state index in [2.05, 4.69) is 5.32 Å². The molecular formula is C11H14N2O2. The van der Waals surface area contributed by atoms with Gasteiger partial charge in [-0.15, -0.1) is 0 Å². The molecule has 0 saturated heterocycles. The fraction of sp³-hybridized carbons (Fsp3) is 0.364. The van der Waals surface area contributed by atoms with Gasteiger partial charge in [0.25, 0.3) is 5.91 Å². The second-order valence-electron chi connectivity index (χ2n) is 3.70. The van der Waals surface area contributed by atoms with Gasteiger partial charge < -0.3 is 15.8 Å². The van der Waals surface area contributed by atoms with Crippen molar-refractivity contribution in [3.63, 3.8) is 0 Å². The van der Waals surface area contributed by atoms with Crippen molar-refractivity contribution in [1.82, 2.24) is 0 Å². The van der Waals surface area contributed by atoms with Gasteiger partial charge in [-0.2, -0.15) is 0 Å². The molecule has 0 heterocycles. The summed E-state index contributed by atoms with van der Waals surface area (Å²) in [7, 11) is 0. The van der Waals surface area contributed by atoms with Crippen molar-refractivity contribution in [3.8, 4) is 5.75 Å². The molecule has 15 heavy (non-hydrogen) atoms. The van der Waals surface area contributed by atoms with E-state index in [9.17, 15) is 4.79 Å². The third-order valence-electron chi connectivity index (χ3n) is 2.18. The van der Waals surface area contributed by atoms with E-state index >= 15 is 0 Å². The number of primary amides is 1. The molecule has 0 aromatic heterocycles. The summed E-state index contributed by atoms with van der Waals surface area (Å²) in [4.78, 5) is 10.5. The number of nitrogens with one attached hydrogen (secondary N) is 1. The van der Waals surface area contributed by atoms with E-state index in [1.54, 1.807) is 0 Å². The van der Waals surface area contributed by atoms with E-state index in [1.165, 1.54) is 12.8 Å². The Morgan fingerprint density at radius 2 is 2.07 bits per heavy atom. The summed E-state index contributed by atoms with van der Waals surface area (Å²) in [6, 6.07) is 8.17. The second kappa shape index (κ2) is 4.21. The van der Waals surface area contributed by atoms with Crippen LogP contribution in [0.1, 0.15) is 12.8 Å². The highest BCUT2D eigenvalue weighted by atomic mass is 16.5. The average molecular weight is 206 g/mol. The van der Waals surface area contributed by atoms with Gasteiger partial charge in [-0.05, 0) is 37.1 Å². The van der Waals surface area contributed by atoms with E-state index in [-0.39, 0.29) is 6.61 Å². The highest BCUT2D eigenvalue weighted by Gasteiger charge is 2.20. The van der Waals surface area contributed by atoms with Crippen molar-refractivity contribution in [1.29, 1.82) is 0 Å². The lowest BCUT2D eigenvalue weighted by atomic mass is 10.3. The molecule has 4 heteroatoms. The van der Waals surface area contributed by atoms with Crippen LogP contribution >= 0.6 is 0 Å². The number of nitrogens with two attached hydrogens (primary N) is 1. The van der Waals surface area contributed by atoms with Gasteiger partial charge in [0.1, 0.15) is 5.75 Å². The van der Waals surface area contributed by atoms with Crippen molar-refractivity contribution in [2.24, 2.45) is 5.73 Å². The van der Waals surface area contributed by atoms with Gasteiger partial charge >= 0.3 is 0 Å². The number of hydrogen-bond acceptors (Lipinski definition) is 3. The normalized spacial score (nSPS) is 14.7. The molecule has 1 fully saturated rings. The summed E-state index contributed by atoms with van der Waals surface area (Å²) in [5.41, 5.74) is 6.06. The first kappa shape index (κ1) is 9.83. The van der Waals surface area contributed by atoms with E-state index in [4.69, 9.17) is 10.5 Å². The molecule has 1 aromatic carbocycles. The number of amides is 1. The highest BCUT2D eigenvalue weighted by molar-refractivity contribution is 5.75. The van der Waals surface area contributed by atoms with Crippen LogP contribution in [-0.4, -0.2) is 18.6 Å². The van der Waals surface area contributed by atoms with Gasteiger partial charge in [-0.25, -0.2) is 0 Å². The molecule has 0 unspecified atom stereocenters. The van der Waals surface area contributed by atoms with Crippen LogP contribution in [0.5, 0.6) is 5.75 Å². The number of rotatable bonds is 5. The Kier molecular flexibility index (Phi) is 2.76. The van der Waals surface area contributed by atoms with Crippen LogP contribution in [0.4, 0.5) is 5.69 Å². The molecule has 0 radical (unpaired) electrons. The van der Waals surface area contributed by atoms with E-state index < -0.39 is 5.91 Å². The molecule has 0 aliphatic heterocycles. The van der Waals surface area contributed by atoms with E-state index in [1.807, 2.05) is 24.3 Å². The Bertz CT molecular complexity index is 344. The van der Waals surface area contributed by atoms with E-state index in [0.717, 1.165) is 5.69 Å². The van der Waals surface area contributed by atoms with Crippen LogP contribution < -0.4 is 15.8 Å². The zero-order valence-electron chi connectivity index (χ0n) is 8.40. The lowest BCUT2D eigenvalue weighted by Crippen LogP contribution is -2.19. The number of carbonyl (C=O) groups is 1. The second-order valence-corrected chi connectivity index (χ2v) is 3.70. The maximum absolute atomic E-state index is 10.5. The van der Waals surface area contributed by atoms with Crippen molar-refractivity contribution >= 4 is 11.6 Å². The summed E-state index contributed by atoms with van der Waals surface area (Å²) in [5.74, 6) is 0.199. The minimum Gasteiger partial charge on any atom is -0.484 e. The third kappa shape index (κ3) is 3.16. The Morgan fingerprint density at radius 1 is 1.40 bits per heavy atom. The van der Waals surface area contributed by atoms with Gasteiger partial charge in [0.05, 0.1) is 0 Å². The molecule has 4 nitrogen and oxygen atoms in total. The lowest BCUT2D eigenvalue weighted by Gasteiger charge is -2.06. The maximum Gasteiger partial charge on any atom is 0.255 e.